The van der Waals surface area contributed by atoms with Crippen LogP contribution in [0.4, 0.5) is 23.5 Å². The molecule has 0 radical (unpaired) electrons. The lowest BCUT2D eigenvalue weighted by Crippen LogP contribution is -2.11. The second kappa shape index (κ2) is 10.9. The Bertz CT molecular complexity index is 1320. The minimum Gasteiger partial charge on any atom is -0.350 e. The Morgan fingerprint density at radius 2 is 1.26 bits per heavy atom. The van der Waals surface area contributed by atoms with Gasteiger partial charge >= 0.3 is 0 Å². The molecular formula is C25H26N6O3S. The Labute approximate surface area is 204 Å². The molecule has 0 fully saturated rings. The summed E-state index contributed by atoms with van der Waals surface area (Å²) in [5, 5.41) is 9.56. The third kappa shape index (κ3) is 7.49. The molecule has 0 aliphatic heterocycles. The van der Waals surface area contributed by atoms with Crippen LogP contribution in [0.3, 0.4) is 0 Å². The van der Waals surface area contributed by atoms with Gasteiger partial charge in [-0.3, -0.25) is 4.55 Å². The van der Waals surface area contributed by atoms with Crippen molar-refractivity contribution in [3.05, 3.63) is 101 Å². The summed E-state index contributed by atoms with van der Waals surface area (Å²) in [6.45, 7) is 2.85. The fourth-order valence-corrected chi connectivity index (χ4v) is 4.08. The summed E-state index contributed by atoms with van der Waals surface area (Å²) in [4.78, 5) is 13.4. The molecule has 3 aromatic carbocycles. The number of nitrogens with one attached hydrogen (secondary N) is 3. The monoisotopic (exact) mass is 490 g/mol. The summed E-state index contributed by atoms with van der Waals surface area (Å²) < 4.78 is 32.0. The molecule has 1 aromatic heterocycles. The van der Waals surface area contributed by atoms with Gasteiger partial charge in [-0.05, 0) is 41.3 Å². The van der Waals surface area contributed by atoms with E-state index >= 15 is 0 Å². The van der Waals surface area contributed by atoms with Crippen molar-refractivity contribution < 1.29 is 13.0 Å². The first kappa shape index (κ1) is 24.1. The number of benzene rings is 3. The number of aromatic nitrogens is 3. The minimum absolute atomic E-state index is 0.285. The van der Waals surface area contributed by atoms with E-state index < -0.39 is 15.9 Å². The smallest absolute Gasteiger partial charge is 0.269 e. The lowest BCUT2D eigenvalue weighted by molar-refractivity contribution is 0.482. The van der Waals surface area contributed by atoms with Crippen molar-refractivity contribution in [3.8, 4) is 0 Å². The Morgan fingerprint density at radius 3 is 1.77 bits per heavy atom. The highest BCUT2D eigenvalue weighted by molar-refractivity contribution is 7.85. The van der Waals surface area contributed by atoms with E-state index in [1.54, 1.807) is 25.1 Å². The highest BCUT2D eigenvalue weighted by Crippen LogP contribution is 2.21. The van der Waals surface area contributed by atoms with Crippen LogP contribution in [0.2, 0.25) is 0 Å². The summed E-state index contributed by atoms with van der Waals surface area (Å²) in [5.41, 5.74) is 3.98. The molecule has 0 saturated heterocycles. The van der Waals surface area contributed by atoms with E-state index in [1.807, 2.05) is 60.7 Å². The van der Waals surface area contributed by atoms with Gasteiger partial charge in [0.25, 0.3) is 10.1 Å². The lowest BCUT2D eigenvalue weighted by atomic mass is 10.1. The van der Waals surface area contributed by atoms with Crippen molar-refractivity contribution in [2.75, 3.05) is 16.0 Å². The topological polar surface area (TPSA) is 129 Å². The van der Waals surface area contributed by atoms with Gasteiger partial charge in [0.15, 0.2) is 0 Å². The zero-order valence-corrected chi connectivity index (χ0v) is 20.0. The van der Waals surface area contributed by atoms with Crippen molar-refractivity contribution in [3.63, 3.8) is 0 Å². The van der Waals surface area contributed by atoms with Gasteiger partial charge in [-0.25, -0.2) is 0 Å². The van der Waals surface area contributed by atoms with Gasteiger partial charge in [-0.1, -0.05) is 66.7 Å². The highest BCUT2D eigenvalue weighted by Gasteiger charge is 2.12. The number of nitrogens with zero attached hydrogens (tertiary/aromatic N) is 3. The van der Waals surface area contributed by atoms with E-state index in [0.717, 1.165) is 16.7 Å². The fourth-order valence-electron chi connectivity index (χ4n) is 3.37. The number of aryl methyl sites for hydroxylation is 1. The van der Waals surface area contributed by atoms with Crippen LogP contribution in [-0.2, 0) is 29.0 Å². The van der Waals surface area contributed by atoms with Gasteiger partial charge in [0.05, 0.1) is 0 Å². The summed E-state index contributed by atoms with van der Waals surface area (Å²) >= 11 is 0. The predicted octanol–water partition coefficient (Wildman–Crippen LogP) is 4.54. The molecule has 0 aliphatic carbocycles. The van der Waals surface area contributed by atoms with Gasteiger partial charge in [0.2, 0.25) is 17.8 Å². The van der Waals surface area contributed by atoms with Gasteiger partial charge < -0.3 is 16.0 Å². The fraction of sp³-hybridized carbons (Fsp3) is 0.160. The Balaban J connectivity index is 1.57. The van der Waals surface area contributed by atoms with Gasteiger partial charge in [-0.2, -0.15) is 23.4 Å². The van der Waals surface area contributed by atoms with E-state index in [-0.39, 0.29) is 5.95 Å². The Hall–Kier alpha value is -4.02. The van der Waals surface area contributed by atoms with E-state index in [0.29, 0.717) is 36.2 Å². The van der Waals surface area contributed by atoms with Gasteiger partial charge in [0, 0.05) is 18.8 Å². The average molecular weight is 491 g/mol. The third-order valence-electron chi connectivity index (χ3n) is 5.17. The van der Waals surface area contributed by atoms with Gasteiger partial charge in [0.1, 0.15) is 5.75 Å². The Morgan fingerprint density at radius 1 is 0.743 bits per heavy atom. The summed E-state index contributed by atoms with van der Waals surface area (Å²) in [5.74, 6) is 0.575. The average Bonchev–Trinajstić information content (AvgIpc) is 2.84. The number of anilines is 4. The molecule has 4 aromatic rings. The third-order valence-corrected chi connectivity index (χ3v) is 5.84. The predicted molar refractivity (Wildman–Crippen MR) is 137 cm³/mol. The van der Waals surface area contributed by atoms with Crippen molar-refractivity contribution in [2.24, 2.45) is 0 Å². The number of hydrogen-bond donors (Lipinski definition) is 4. The maximum absolute atomic E-state index is 11.4. The number of rotatable bonds is 10. The van der Waals surface area contributed by atoms with Crippen LogP contribution in [0.25, 0.3) is 0 Å². The first-order valence-electron chi connectivity index (χ1n) is 11.0. The molecule has 0 unspecified atom stereocenters. The summed E-state index contributed by atoms with van der Waals surface area (Å²) in [6, 6.07) is 25.0. The molecule has 10 heteroatoms. The van der Waals surface area contributed by atoms with Crippen LogP contribution in [0, 0.1) is 6.92 Å². The van der Waals surface area contributed by atoms with Crippen LogP contribution in [0.1, 0.15) is 22.3 Å². The molecule has 0 amide bonds. The highest BCUT2D eigenvalue weighted by atomic mass is 32.2. The van der Waals surface area contributed by atoms with E-state index in [1.165, 1.54) is 0 Å². The molecule has 4 N–H and O–H groups in total. The largest absolute Gasteiger partial charge is 0.350 e. The second-order valence-electron chi connectivity index (χ2n) is 7.98. The molecule has 0 atom stereocenters. The quantitative estimate of drug-likeness (QED) is 0.237. The van der Waals surface area contributed by atoms with E-state index in [4.69, 9.17) is 0 Å². The molecule has 0 bridgehead atoms. The lowest BCUT2D eigenvalue weighted by Gasteiger charge is -2.13. The van der Waals surface area contributed by atoms with Crippen molar-refractivity contribution in [1.82, 2.24) is 15.0 Å². The number of hydrogen-bond acceptors (Lipinski definition) is 8. The second-order valence-corrected chi connectivity index (χ2v) is 9.43. The van der Waals surface area contributed by atoms with Crippen molar-refractivity contribution >= 4 is 33.7 Å². The first-order chi connectivity index (χ1) is 16.8. The molecule has 4 rings (SSSR count). The molecule has 180 valence electrons. The maximum Gasteiger partial charge on any atom is 0.269 e. The van der Waals surface area contributed by atoms with Crippen LogP contribution in [0.5, 0.6) is 0 Å². The van der Waals surface area contributed by atoms with E-state index in [9.17, 15) is 13.0 Å². The zero-order valence-electron chi connectivity index (χ0n) is 19.1. The first-order valence-corrected chi connectivity index (χ1v) is 12.6. The molecule has 0 aliphatic rings. The van der Waals surface area contributed by atoms with Crippen LogP contribution in [-0.4, -0.2) is 27.9 Å². The van der Waals surface area contributed by atoms with E-state index in [2.05, 4.69) is 30.9 Å². The normalized spacial score (nSPS) is 11.1. The Kier molecular flexibility index (Phi) is 7.54. The molecule has 35 heavy (non-hydrogen) atoms. The zero-order chi connectivity index (χ0) is 24.7. The van der Waals surface area contributed by atoms with Crippen LogP contribution in [0.15, 0.2) is 78.9 Å². The van der Waals surface area contributed by atoms with Crippen molar-refractivity contribution in [2.45, 2.75) is 25.8 Å². The standard InChI is InChI=1S/C25H26N6O3S/c1-18-12-13-22(14-21(18)17-35(32,33)34)28-25-30-23(26-15-19-8-4-2-5-9-19)29-24(31-25)27-16-20-10-6-3-7-11-20/h2-14H,15-17H2,1H3,(H,32,33,34)(H3,26,27,28,29,30,31). The van der Waals surface area contributed by atoms with Crippen LogP contribution >= 0.6 is 0 Å². The minimum atomic E-state index is -4.16. The molecular weight excluding hydrogens is 464 g/mol. The van der Waals surface area contributed by atoms with Gasteiger partial charge in [-0.15, -0.1) is 0 Å². The molecule has 1 heterocycles. The SMILES string of the molecule is Cc1ccc(Nc2nc(NCc3ccccc3)nc(NCc3ccccc3)n2)cc1CS(=O)(=O)O. The maximum atomic E-state index is 11.4. The van der Waals surface area contributed by atoms with Crippen LogP contribution < -0.4 is 16.0 Å². The summed E-state index contributed by atoms with van der Waals surface area (Å²) in [6.07, 6.45) is 0. The summed E-state index contributed by atoms with van der Waals surface area (Å²) in [7, 11) is -4.16. The van der Waals surface area contributed by atoms with Crippen molar-refractivity contribution in [1.29, 1.82) is 0 Å². The molecule has 0 spiro atoms. The molecule has 9 nitrogen and oxygen atoms in total. The molecule has 0 saturated carbocycles.